The Morgan fingerprint density at radius 1 is 1.15 bits per heavy atom. The highest BCUT2D eigenvalue weighted by Gasteiger charge is 2.38. The third-order valence-electron chi connectivity index (χ3n) is 6.03. The number of para-hydroxylation sites is 1. The number of nitrogens with one attached hydrogen (secondary N) is 2. The Morgan fingerprint density at radius 3 is 2.63 bits per heavy atom. The van der Waals surface area contributed by atoms with E-state index in [4.69, 9.17) is 4.42 Å². The highest BCUT2D eigenvalue weighted by molar-refractivity contribution is 5.90. The molecule has 0 radical (unpaired) electrons. The lowest BCUT2D eigenvalue weighted by atomic mass is 9.81. The van der Waals surface area contributed by atoms with Crippen LogP contribution in [-0.2, 0) is 13.0 Å². The van der Waals surface area contributed by atoms with E-state index in [-0.39, 0.29) is 12.1 Å². The first kappa shape index (κ1) is 18.1. The minimum atomic E-state index is -0.0848. The molecule has 0 spiro atoms. The molecular weight excluding hydrogens is 338 g/mol. The van der Waals surface area contributed by atoms with E-state index in [1.165, 1.54) is 19.3 Å². The van der Waals surface area contributed by atoms with Crippen LogP contribution < -0.4 is 10.6 Å². The van der Waals surface area contributed by atoms with Crippen molar-refractivity contribution in [2.45, 2.75) is 70.1 Å². The molecule has 2 aliphatic rings. The molecule has 2 atom stereocenters. The standard InChI is InChI=1S/C22H29N3O2/c1-2-16-7-3-4-11-21(16)24-22(26)23-17-13-18-8-5-9-19(14-17)25(18)15-20-10-6-12-27-20/h3-4,6-7,10-12,17-19H,2,5,8-9,13-15H2,1H3,(H2,23,24,26). The topological polar surface area (TPSA) is 57.5 Å². The Morgan fingerprint density at radius 2 is 1.93 bits per heavy atom. The van der Waals surface area contributed by atoms with Crippen molar-refractivity contribution in [3.63, 3.8) is 0 Å². The van der Waals surface area contributed by atoms with Crippen LogP contribution in [0, 0.1) is 0 Å². The minimum absolute atomic E-state index is 0.0848. The number of benzene rings is 1. The molecule has 5 nitrogen and oxygen atoms in total. The zero-order chi connectivity index (χ0) is 18.6. The first-order chi connectivity index (χ1) is 13.2. The number of furan rings is 1. The van der Waals surface area contributed by atoms with Crippen molar-refractivity contribution in [1.29, 1.82) is 0 Å². The molecule has 2 fully saturated rings. The molecule has 1 aromatic carbocycles. The number of rotatable bonds is 5. The maximum Gasteiger partial charge on any atom is 0.319 e. The molecule has 0 saturated carbocycles. The van der Waals surface area contributed by atoms with Gasteiger partial charge in [-0.15, -0.1) is 0 Å². The molecule has 2 saturated heterocycles. The molecule has 27 heavy (non-hydrogen) atoms. The summed E-state index contributed by atoms with van der Waals surface area (Å²) in [7, 11) is 0. The molecule has 144 valence electrons. The third kappa shape index (κ3) is 4.19. The van der Waals surface area contributed by atoms with Crippen LogP contribution in [0.2, 0.25) is 0 Å². The normalized spacial score (nSPS) is 25.1. The van der Waals surface area contributed by atoms with Crippen molar-refractivity contribution >= 4 is 11.7 Å². The van der Waals surface area contributed by atoms with Crippen molar-refractivity contribution in [2.24, 2.45) is 0 Å². The number of anilines is 1. The maximum atomic E-state index is 12.6. The van der Waals surface area contributed by atoms with Gasteiger partial charge in [-0.2, -0.15) is 0 Å². The highest BCUT2D eigenvalue weighted by Crippen LogP contribution is 2.35. The van der Waals surface area contributed by atoms with Crippen molar-refractivity contribution < 1.29 is 9.21 Å². The first-order valence-electron chi connectivity index (χ1n) is 10.2. The van der Waals surface area contributed by atoms with Crippen LogP contribution in [0.25, 0.3) is 0 Å². The molecular formula is C22H29N3O2. The number of hydrogen-bond acceptors (Lipinski definition) is 3. The number of carbonyl (C=O) groups excluding carboxylic acids is 1. The summed E-state index contributed by atoms with van der Waals surface area (Å²) in [6, 6.07) is 13.2. The van der Waals surface area contributed by atoms with Crippen LogP contribution in [0.3, 0.4) is 0 Å². The molecule has 2 amide bonds. The number of carbonyl (C=O) groups is 1. The van der Waals surface area contributed by atoms with Gasteiger partial charge >= 0.3 is 6.03 Å². The summed E-state index contributed by atoms with van der Waals surface area (Å²) in [5, 5.41) is 6.27. The van der Waals surface area contributed by atoms with Gasteiger partial charge < -0.3 is 15.1 Å². The molecule has 2 aliphatic heterocycles. The lowest BCUT2D eigenvalue weighted by molar-refractivity contribution is 0.0150. The van der Waals surface area contributed by atoms with Crippen LogP contribution in [-0.4, -0.2) is 29.1 Å². The van der Waals surface area contributed by atoms with Gasteiger partial charge in [0.1, 0.15) is 5.76 Å². The van der Waals surface area contributed by atoms with Crippen molar-refractivity contribution in [3.8, 4) is 0 Å². The third-order valence-corrected chi connectivity index (χ3v) is 6.03. The van der Waals surface area contributed by atoms with Gasteiger partial charge in [0.2, 0.25) is 0 Å². The molecule has 5 heteroatoms. The summed E-state index contributed by atoms with van der Waals surface area (Å²) >= 11 is 0. The lowest BCUT2D eigenvalue weighted by Gasteiger charge is -2.48. The van der Waals surface area contributed by atoms with E-state index in [0.29, 0.717) is 12.1 Å². The molecule has 2 aromatic rings. The number of fused-ring (bicyclic) bond motifs is 2. The zero-order valence-corrected chi connectivity index (χ0v) is 16.0. The number of nitrogens with zero attached hydrogens (tertiary/aromatic N) is 1. The largest absolute Gasteiger partial charge is 0.468 e. The monoisotopic (exact) mass is 367 g/mol. The summed E-state index contributed by atoms with van der Waals surface area (Å²) in [5.41, 5.74) is 2.07. The predicted molar refractivity (Wildman–Crippen MR) is 107 cm³/mol. The van der Waals surface area contributed by atoms with Gasteiger partial charge in [0.05, 0.1) is 12.8 Å². The van der Waals surface area contributed by atoms with E-state index >= 15 is 0 Å². The molecule has 0 aliphatic carbocycles. The first-order valence-corrected chi connectivity index (χ1v) is 10.2. The molecule has 2 bridgehead atoms. The molecule has 1 aromatic heterocycles. The van der Waals surface area contributed by atoms with Gasteiger partial charge in [0.15, 0.2) is 0 Å². The molecule has 4 rings (SSSR count). The number of aryl methyl sites for hydroxylation is 1. The number of piperidine rings is 2. The summed E-state index contributed by atoms with van der Waals surface area (Å²) in [6.45, 7) is 2.99. The van der Waals surface area contributed by atoms with E-state index < -0.39 is 0 Å². The highest BCUT2D eigenvalue weighted by atomic mass is 16.3. The maximum absolute atomic E-state index is 12.6. The van der Waals surface area contributed by atoms with Crippen LogP contribution in [0.4, 0.5) is 10.5 Å². The SMILES string of the molecule is CCc1ccccc1NC(=O)NC1CC2CCCC(C1)N2Cc1ccco1. The van der Waals surface area contributed by atoms with Gasteiger partial charge in [-0.1, -0.05) is 31.5 Å². The second-order valence-electron chi connectivity index (χ2n) is 7.77. The van der Waals surface area contributed by atoms with Crippen molar-refractivity contribution in [2.75, 3.05) is 5.32 Å². The summed E-state index contributed by atoms with van der Waals surface area (Å²) in [4.78, 5) is 15.1. The van der Waals surface area contributed by atoms with Gasteiger partial charge in [-0.05, 0) is 55.9 Å². The van der Waals surface area contributed by atoms with Gasteiger partial charge in [-0.25, -0.2) is 4.79 Å². The van der Waals surface area contributed by atoms with Crippen LogP contribution >= 0.6 is 0 Å². The molecule has 2 N–H and O–H groups in total. The fourth-order valence-electron chi connectivity index (χ4n) is 4.73. The zero-order valence-electron chi connectivity index (χ0n) is 16.0. The average Bonchev–Trinajstić information content (AvgIpc) is 3.16. The van der Waals surface area contributed by atoms with E-state index in [0.717, 1.165) is 42.8 Å². The Hall–Kier alpha value is -2.27. The number of urea groups is 1. The van der Waals surface area contributed by atoms with Crippen LogP contribution in [0.15, 0.2) is 47.1 Å². The van der Waals surface area contributed by atoms with Gasteiger partial charge in [0.25, 0.3) is 0 Å². The molecule has 3 heterocycles. The smallest absolute Gasteiger partial charge is 0.319 e. The summed E-state index contributed by atoms with van der Waals surface area (Å²) in [5.74, 6) is 1.03. The molecule has 2 unspecified atom stereocenters. The van der Waals surface area contributed by atoms with Gasteiger partial charge in [-0.3, -0.25) is 4.90 Å². The predicted octanol–water partition coefficient (Wildman–Crippen LogP) is 4.55. The lowest BCUT2D eigenvalue weighted by Crippen LogP contribution is -2.56. The minimum Gasteiger partial charge on any atom is -0.468 e. The Balaban J connectivity index is 1.36. The Kier molecular flexibility index (Phi) is 5.48. The fourth-order valence-corrected chi connectivity index (χ4v) is 4.73. The van der Waals surface area contributed by atoms with Crippen molar-refractivity contribution in [1.82, 2.24) is 10.2 Å². The summed E-state index contributed by atoms with van der Waals surface area (Å²) in [6.07, 6.45) is 8.38. The average molecular weight is 367 g/mol. The Bertz CT molecular complexity index is 745. The van der Waals surface area contributed by atoms with Crippen LogP contribution in [0.5, 0.6) is 0 Å². The Labute approximate surface area is 161 Å². The van der Waals surface area contributed by atoms with E-state index in [1.807, 2.05) is 24.3 Å². The van der Waals surface area contributed by atoms with Crippen LogP contribution in [0.1, 0.15) is 50.4 Å². The second kappa shape index (κ2) is 8.17. The second-order valence-corrected chi connectivity index (χ2v) is 7.77. The quantitative estimate of drug-likeness (QED) is 0.815. The van der Waals surface area contributed by atoms with E-state index in [1.54, 1.807) is 6.26 Å². The van der Waals surface area contributed by atoms with Gasteiger partial charge in [0, 0.05) is 23.8 Å². The summed E-state index contributed by atoms with van der Waals surface area (Å²) < 4.78 is 5.56. The number of amides is 2. The fraction of sp³-hybridized carbons (Fsp3) is 0.500. The van der Waals surface area contributed by atoms with E-state index in [2.05, 4.69) is 34.6 Å². The number of hydrogen-bond donors (Lipinski definition) is 2. The van der Waals surface area contributed by atoms with E-state index in [9.17, 15) is 4.79 Å². The van der Waals surface area contributed by atoms with Crippen molar-refractivity contribution in [3.05, 3.63) is 54.0 Å².